The normalized spacial score (nSPS) is 11.9. The van der Waals surface area contributed by atoms with Gasteiger partial charge in [-0.2, -0.15) is 0 Å². The Hall–Kier alpha value is -2.08. The molecule has 0 saturated heterocycles. The van der Waals surface area contributed by atoms with Crippen LogP contribution >= 0.6 is 0 Å². The minimum Gasteiger partial charge on any atom is -0.465 e. The second-order valence-corrected chi connectivity index (χ2v) is 4.54. The van der Waals surface area contributed by atoms with E-state index in [-0.39, 0.29) is 12.6 Å². The zero-order valence-corrected chi connectivity index (χ0v) is 11.1. The van der Waals surface area contributed by atoms with Crippen LogP contribution in [0.1, 0.15) is 27.0 Å². The minimum atomic E-state index is -1.10. The SMILES string of the molecule is Cc1cc(C(N)=O)cc(C)c1C[C@@H](CN)NC(=O)O. The quantitative estimate of drug-likeness (QED) is 0.621. The van der Waals surface area contributed by atoms with Crippen LogP contribution in [-0.4, -0.2) is 29.7 Å². The number of rotatable bonds is 5. The average Bonchev–Trinajstić information content (AvgIpc) is 2.31. The Balaban J connectivity index is 3.01. The molecule has 0 unspecified atom stereocenters. The summed E-state index contributed by atoms with van der Waals surface area (Å²) in [5, 5.41) is 11.1. The number of hydrogen-bond acceptors (Lipinski definition) is 3. The van der Waals surface area contributed by atoms with Gasteiger partial charge in [-0.05, 0) is 49.1 Å². The van der Waals surface area contributed by atoms with Crippen LogP contribution in [0.3, 0.4) is 0 Å². The second kappa shape index (κ2) is 6.19. The Labute approximate surface area is 111 Å². The first-order chi connectivity index (χ1) is 8.85. The number of benzene rings is 1. The van der Waals surface area contributed by atoms with Crippen LogP contribution in [0.4, 0.5) is 4.79 Å². The highest BCUT2D eigenvalue weighted by Crippen LogP contribution is 2.18. The second-order valence-electron chi connectivity index (χ2n) is 4.54. The summed E-state index contributed by atoms with van der Waals surface area (Å²) in [6.07, 6.45) is -0.612. The monoisotopic (exact) mass is 265 g/mol. The molecule has 1 aromatic rings. The zero-order chi connectivity index (χ0) is 14.6. The lowest BCUT2D eigenvalue weighted by Crippen LogP contribution is -2.41. The Morgan fingerprint density at radius 1 is 1.32 bits per heavy atom. The van der Waals surface area contributed by atoms with Crippen molar-refractivity contribution in [1.29, 1.82) is 0 Å². The lowest BCUT2D eigenvalue weighted by atomic mass is 9.94. The number of nitrogens with two attached hydrogens (primary N) is 2. The number of carboxylic acid groups (broad SMARTS) is 1. The van der Waals surface area contributed by atoms with Crippen molar-refractivity contribution < 1.29 is 14.7 Å². The van der Waals surface area contributed by atoms with Crippen molar-refractivity contribution in [3.8, 4) is 0 Å². The molecule has 0 aromatic heterocycles. The summed E-state index contributed by atoms with van der Waals surface area (Å²) >= 11 is 0. The molecule has 19 heavy (non-hydrogen) atoms. The molecule has 0 spiro atoms. The van der Waals surface area contributed by atoms with Crippen LogP contribution in [0.25, 0.3) is 0 Å². The van der Waals surface area contributed by atoms with Gasteiger partial charge in [-0.1, -0.05) is 0 Å². The summed E-state index contributed by atoms with van der Waals surface area (Å²) in [4.78, 5) is 21.8. The summed E-state index contributed by atoms with van der Waals surface area (Å²) in [6, 6.07) is 3.06. The van der Waals surface area contributed by atoms with Gasteiger partial charge in [-0.25, -0.2) is 4.79 Å². The number of hydrogen-bond donors (Lipinski definition) is 4. The molecule has 0 aliphatic heterocycles. The Morgan fingerprint density at radius 3 is 2.21 bits per heavy atom. The number of carbonyl (C=O) groups excluding carboxylic acids is 1. The van der Waals surface area contributed by atoms with Gasteiger partial charge in [0.15, 0.2) is 0 Å². The van der Waals surface area contributed by atoms with E-state index >= 15 is 0 Å². The predicted molar refractivity (Wildman–Crippen MR) is 72.1 cm³/mol. The molecule has 6 N–H and O–H groups in total. The van der Waals surface area contributed by atoms with Crippen molar-refractivity contribution in [2.24, 2.45) is 11.5 Å². The molecule has 0 saturated carbocycles. The van der Waals surface area contributed by atoms with E-state index < -0.39 is 12.0 Å². The zero-order valence-electron chi connectivity index (χ0n) is 11.1. The average molecular weight is 265 g/mol. The van der Waals surface area contributed by atoms with Crippen molar-refractivity contribution >= 4 is 12.0 Å². The maximum absolute atomic E-state index is 11.2. The van der Waals surface area contributed by atoms with Gasteiger partial charge in [0.05, 0.1) is 0 Å². The number of amides is 2. The lowest BCUT2D eigenvalue weighted by molar-refractivity contribution is 0.1000. The fourth-order valence-electron chi connectivity index (χ4n) is 2.07. The molecular formula is C13H19N3O3. The molecular weight excluding hydrogens is 246 g/mol. The minimum absolute atomic E-state index is 0.211. The van der Waals surface area contributed by atoms with E-state index in [2.05, 4.69) is 5.32 Å². The standard InChI is InChI=1S/C13H19N3O3/c1-7-3-9(12(15)17)4-8(2)11(7)5-10(6-14)16-13(18)19/h3-4,10,16H,5-6,14H2,1-2H3,(H2,15,17)(H,18,19)/t10-/m0/s1. The van der Waals surface area contributed by atoms with Gasteiger partial charge in [0.2, 0.25) is 5.91 Å². The molecule has 2 amide bonds. The Kier molecular flexibility index (Phi) is 4.88. The molecule has 0 aliphatic carbocycles. The third kappa shape index (κ3) is 3.96. The van der Waals surface area contributed by atoms with Crippen LogP contribution in [0, 0.1) is 13.8 Å². The molecule has 0 fully saturated rings. The third-order valence-corrected chi connectivity index (χ3v) is 3.04. The number of aryl methyl sites for hydroxylation is 2. The highest BCUT2D eigenvalue weighted by Gasteiger charge is 2.15. The third-order valence-electron chi connectivity index (χ3n) is 3.04. The summed E-state index contributed by atoms with van der Waals surface area (Å²) in [7, 11) is 0. The molecule has 1 rings (SSSR count). The summed E-state index contributed by atoms with van der Waals surface area (Å²) < 4.78 is 0. The maximum Gasteiger partial charge on any atom is 0.404 e. The molecule has 0 bridgehead atoms. The summed E-state index contributed by atoms with van der Waals surface area (Å²) in [6.45, 7) is 3.94. The predicted octanol–water partition coefficient (Wildman–Crippen LogP) is 0.540. The van der Waals surface area contributed by atoms with E-state index in [0.29, 0.717) is 12.0 Å². The number of nitrogens with one attached hydrogen (secondary N) is 1. The maximum atomic E-state index is 11.2. The van der Waals surface area contributed by atoms with Crippen molar-refractivity contribution in [1.82, 2.24) is 5.32 Å². The van der Waals surface area contributed by atoms with Crippen LogP contribution in [0.15, 0.2) is 12.1 Å². The molecule has 1 aromatic carbocycles. The van der Waals surface area contributed by atoms with E-state index in [1.165, 1.54) is 0 Å². The fourth-order valence-corrected chi connectivity index (χ4v) is 2.07. The van der Waals surface area contributed by atoms with Gasteiger partial charge in [0, 0.05) is 18.2 Å². The molecule has 0 heterocycles. The number of primary amides is 1. The first-order valence-corrected chi connectivity index (χ1v) is 5.94. The highest BCUT2D eigenvalue weighted by atomic mass is 16.4. The van der Waals surface area contributed by atoms with Crippen molar-refractivity contribution in [2.45, 2.75) is 26.3 Å². The van der Waals surface area contributed by atoms with Gasteiger partial charge in [0.25, 0.3) is 0 Å². The van der Waals surface area contributed by atoms with E-state index in [1.54, 1.807) is 12.1 Å². The van der Waals surface area contributed by atoms with Gasteiger partial charge in [-0.3, -0.25) is 4.79 Å². The van der Waals surface area contributed by atoms with Gasteiger partial charge in [-0.15, -0.1) is 0 Å². The molecule has 0 aliphatic rings. The summed E-state index contributed by atoms with van der Waals surface area (Å²) in [5.41, 5.74) is 14.0. The van der Waals surface area contributed by atoms with Crippen LogP contribution in [0.2, 0.25) is 0 Å². The van der Waals surface area contributed by atoms with E-state index in [1.807, 2.05) is 13.8 Å². The topological polar surface area (TPSA) is 118 Å². The van der Waals surface area contributed by atoms with E-state index in [9.17, 15) is 9.59 Å². The first kappa shape index (κ1) is 15.0. The van der Waals surface area contributed by atoms with Crippen LogP contribution in [0.5, 0.6) is 0 Å². The van der Waals surface area contributed by atoms with Crippen LogP contribution < -0.4 is 16.8 Å². The smallest absolute Gasteiger partial charge is 0.404 e. The van der Waals surface area contributed by atoms with Crippen LogP contribution in [-0.2, 0) is 6.42 Å². The van der Waals surface area contributed by atoms with E-state index in [0.717, 1.165) is 16.7 Å². The molecule has 0 radical (unpaired) electrons. The highest BCUT2D eigenvalue weighted by molar-refractivity contribution is 5.93. The largest absolute Gasteiger partial charge is 0.465 e. The first-order valence-electron chi connectivity index (χ1n) is 5.94. The van der Waals surface area contributed by atoms with Crippen molar-refractivity contribution in [2.75, 3.05) is 6.54 Å². The molecule has 6 heteroatoms. The molecule has 1 atom stereocenters. The van der Waals surface area contributed by atoms with Gasteiger partial charge < -0.3 is 21.9 Å². The Bertz CT molecular complexity index is 477. The van der Waals surface area contributed by atoms with Gasteiger partial charge >= 0.3 is 6.09 Å². The fraction of sp³-hybridized carbons (Fsp3) is 0.385. The Morgan fingerprint density at radius 2 is 1.84 bits per heavy atom. The van der Waals surface area contributed by atoms with Gasteiger partial charge in [0.1, 0.15) is 0 Å². The van der Waals surface area contributed by atoms with Crippen molar-refractivity contribution in [3.05, 3.63) is 34.4 Å². The number of carbonyl (C=O) groups is 2. The summed E-state index contributed by atoms with van der Waals surface area (Å²) in [5.74, 6) is -0.475. The lowest BCUT2D eigenvalue weighted by Gasteiger charge is -2.18. The van der Waals surface area contributed by atoms with E-state index in [4.69, 9.17) is 16.6 Å². The van der Waals surface area contributed by atoms with Crippen molar-refractivity contribution in [3.63, 3.8) is 0 Å². The molecule has 104 valence electrons. The molecule has 6 nitrogen and oxygen atoms in total.